The number of carbonyl (C=O) groups is 2. The fraction of sp³-hybridized carbons (Fsp3) is 0.182. The summed E-state index contributed by atoms with van der Waals surface area (Å²) < 4.78 is 12.5. The number of furan rings is 1. The van der Waals surface area contributed by atoms with E-state index in [9.17, 15) is 9.59 Å². The molecule has 0 unspecified atom stereocenters. The van der Waals surface area contributed by atoms with Crippen LogP contribution in [0.3, 0.4) is 0 Å². The summed E-state index contributed by atoms with van der Waals surface area (Å²) in [6.07, 6.45) is 4.43. The topological polar surface area (TPSA) is 61.4 Å². The number of carbonyl (C=O) groups excluding carboxylic acids is 2. The van der Waals surface area contributed by atoms with Gasteiger partial charge in [-0.2, -0.15) is 0 Å². The van der Waals surface area contributed by atoms with Crippen molar-refractivity contribution in [1.29, 1.82) is 0 Å². The minimum absolute atomic E-state index is 0.252. The molecule has 0 amide bonds. The summed E-state index contributed by atoms with van der Waals surface area (Å²) in [5, 5.41) is 0.534. The van der Waals surface area contributed by atoms with E-state index in [4.69, 9.17) is 20.8 Å². The van der Waals surface area contributed by atoms with Crippen LogP contribution in [0.25, 0.3) is 6.08 Å². The van der Waals surface area contributed by atoms with Crippen LogP contribution in [-0.4, -0.2) is 22.9 Å². The van der Waals surface area contributed by atoms with E-state index in [0.717, 1.165) is 17.1 Å². The zero-order valence-electron chi connectivity index (χ0n) is 15.6. The average Bonchev–Trinajstić information content (AvgIpc) is 3.29. The average molecular weight is 398 g/mol. The SMILES string of the molecule is Cc1cc(C(=O)COC(=O)C=Cc2ccccc2Cl)c(C)n1Cc1ccco1. The molecule has 0 spiro atoms. The first-order valence-corrected chi connectivity index (χ1v) is 9.15. The van der Waals surface area contributed by atoms with E-state index < -0.39 is 5.97 Å². The number of halogens is 1. The van der Waals surface area contributed by atoms with Gasteiger partial charge in [0.15, 0.2) is 6.61 Å². The molecule has 0 aliphatic heterocycles. The van der Waals surface area contributed by atoms with Crippen molar-refractivity contribution in [1.82, 2.24) is 4.57 Å². The molecular weight excluding hydrogens is 378 g/mol. The van der Waals surface area contributed by atoms with Gasteiger partial charge in [-0.3, -0.25) is 4.79 Å². The highest BCUT2D eigenvalue weighted by Crippen LogP contribution is 2.19. The summed E-state index contributed by atoms with van der Waals surface area (Å²) in [6, 6.07) is 12.6. The summed E-state index contributed by atoms with van der Waals surface area (Å²) >= 11 is 6.03. The first-order valence-electron chi connectivity index (χ1n) is 8.77. The Morgan fingerprint density at radius 1 is 1.18 bits per heavy atom. The van der Waals surface area contributed by atoms with E-state index in [-0.39, 0.29) is 12.4 Å². The first kappa shape index (κ1) is 19.7. The summed E-state index contributed by atoms with van der Waals surface area (Å²) in [5.41, 5.74) is 2.98. The quantitative estimate of drug-likeness (QED) is 0.325. The smallest absolute Gasteiger partial charge is 0.331 e. The molecule has 3 aromatic rings. The Morgan fingerprint density at radius 3 is 2.68 bits per heavy atom. The van der Waals surface area contributed by atoms with Crippen LogP contribution in [0, 0.1) is 13.8 Å². The van der Waals surface area contributed by atoms with Crippen molar-refractivity contribution in [2.75, 3.05) is 6.61 Å². The van der Waals surface area contributed by atoms with Crippen LogP contribution in [0.15, 0.2) is 59.2 Å². The van der Waals surface area contributed by atoms with Crippen LogP contribution < -0.4 is 0 Å². The van der Waals surface area contributed by atoms with Crippen molar-refractivity contribution >= 4 is 29.4 Å². The van der Waals surface area contributed by atoms with E-state index in [2.05, 4.69) is 0 Å². The molecule has 0 atom stereocenters. The second-order valence-corrected chi connectivity index (χ2v) is 6.74. The number of hydrogen-bond donors (Lipinski definition) is 0. The number of ether oxygens (including phenoxy) is 1. The van der Waals surface area contributed by atoms with Crippen molar-refractivity contribution in [3.8, 4) is 0 Å². The Bertz CT molecular complexity index is 1020. The van der Waals surface area contributed by atoms with E-state index in [0.29, 0.717) is 22.7 Å². The molecule has 2 heterocycles. The second-order valence-electron chi connectivity index (χ2n) is 6.34. The molecule has 6 heteroatoms. The number of rotatable bonds is 7. The van der Waals surface area contributed by atoms with Crippen LogP contribution in [0.4, 0.5) is 0 Å². The third-order valence-corrected chi connectivity index (χ3v) is 4.76. The Balaban J connectivity index is 1.62. The maximum Gasteiger partial charge on any atom is 0.331 e. The number of nitrogens with zero attached hydrogens (tertiary/aromatic N) is 1. The standard InChI is InChI=1S/C22H20ClNO4/c1-15-12-19(16(2)24(15)13-18-7-5-11-27-18)21(25)14-28-22(26)10-9-17-6-3-4-8-20(17)23/h3-12H,13-14H2,1-2H3. The highest BCUT2D eigenvalue weighted by atomic mass is 35.5. The van der Waals surface area contributed by atoms with Gasteiger partial charge in [0.25, 0.3) is 0 Å². The zero-order chi connectivity index (χ0) is 20.1. The normalized spacial score (nSPS) is 11.1. The van der Waals surface area contributed by atoms with Crippen molar-refractivity contribution in [2.24, 2.45) is 0 Å². The number of aromatic nitrogens is 1. The summed E-state index contributed by atoms with van der Waals surface area (Å²) in [6.45, 7) is 4.00. The molecule has 0 aliphatic carbocycles. The lowest BCUT2D eigenvalue weighted by Crippen LogP contribution is -2.13. The van der Waals surface area contributed by atoms with Crippen molar-refractivity contribution in [3.05, 3.63) is 88.1 Å². The van der Waals surface area contributed by atoms with Gasteiger partial charge in [-0.25, -0.2) is 4.79 Å². The highest BCUT2D eigenvalue weighted by molar-refractivity contribution is 6.32. The van der Waals surface area contributed by atoms with E-state index in [1.165, 1.54) is 6.08 Å². The lowest BCUT2D eigenvalue weighted by molar-refractivity contribution is -0.136. The predicted octanol–water partition coefficient (Wildman–Crippen LogP) is 4.84. The van der Waals surface area contributed by atoms with Crippen LogP contribution in [0.2, 0.25) is 5.02 Å². The van der Waals surface area contributed by atoms with Gasteiger partial charge in [0, 0.05) is 28.0 Å². The number of benzene rings is 1. The fourth-order valence-corrected chi connectivity index (χ4v) is 3.11. The van der Waals surface area contributed by atoms with E-state index in [1.54, 1.807) is 36.6 Å². The van der Waals surface area contributed by atoms with Gasteiger partial charge in [0.1, 0.15) is 5.76 Å². The Hall–Kier alpha value is -3.05. The molecular formula is C22H20ClNO4. The molecule has 0 N–H and O–H groups in total. The molecule has 0 saturated carbocycles. The molecule has 2 aromatic heterocycles. The maximum absolute atomic E-state index is 12.5. The van der Waals surface area contributed by atoms with Crippen molar-refractivity contribution < 1.29 is 18.7 Å². The molecule has 28 heavy (non-hydrogen) atoms. The maximum atomic E-state index is 12.5. The lowest BCUT2D eigenvalue weighted by atomic mass is 10.1. The molecule has 5 nitrogen and oxygen atoms in total. The molecule has 0 radical (unpaired) electrons. The number of Topliss-reactive ketones (excluding diaryl/α,β-unsaturated/α-hetero) is 1. The molecule has 144 valence electrons. The Morgan fingerprint density at radius 2 is 1.96 bits per heavy atom. The van der Waals surface area contributed by atoms with Crippen LogP contribution in [0.1, 0.15) is 33.1 Å². The molecule has 0 aliphatic rings. The summed E-state index contributed by atoms with van der Waals surface area (Å²) in [4.78, 5) is 24.4. The Labute approximate surface area is 168 Å². The van der Waals surface area contributed by atoms with Crippen LogP contribution in [-0.2, 0) is 16.1 Å². The first-order chi connectivity index (χ1) is 13.5. The molecule has 1 aromatic carbocycles. The van der Waals surface area contributed by atoms with E-state index in [1.807, 2.05) is 36.6 Å². The van der Waals surface area contributed by atoms with Gasteiger partial charge in [-0.15, -0.1) is 0 Å². The van der Waals surface area contributed by atoms with Crippen molar-refractivity contribution in [3.63, 3.8) is 0 Å². The number of aryl methyl sites for hydroxylation is 1. The van der Waals surface area contributed by atoms with Gasteiger partial charge in [-0.1, -0.05) is 29.8 Å². The fourth-order valence-electron chi connectivity index (χ4n) is 2.92. The minimum Gasteiger partial charge on any atom is -0.467 e. The number of hydrogen-bond acceptors (Lipinski definition) is 4. The Kier molecular flexibility index (Phi) is 6.16. The van der Waals surface area contributed by atoms with E-state index >= 15 is 0 Å². The van der Waals surface area contributed by atoms with Crippen molar-refractivity contribution in [2.45, 2.75) is 20.4 Å². The largest absolute Gasteiger partial charge is 0.467 e. The minimum atomic E-state index is -0.599. The van der Waals surface area contributed by atoms with Gasteiger partial charge in [-0.05, 0) is 49.8 Å². The molecule has 0 saturated heterocycles. The molecule has 3 rings (SSSR count). The highest BCUT2D eigenvalue weighted by Gasteiger charge is 2.17. The van der Waals surface area contributed by atoms with Gasteiger partial charge < -0.3 is 13.7 Å². The summed E-state index contributed by atoms with van der Waals surface area (Å²) in [7, 11) is 0. The lowest BCUT2D eigenvalue weighted by Gasteiger charge is -2.08. The number of esters is 1. The van der Waals surface area contributed by atoms with Gasteiger partial charge >= 0.3 is 5.97 Å². The van der Waals surface area contributed by atoms with Crippen LogP contribution in [0.5, 0.6) is 0 Å². The van der Waals surface area contributed by atoms with Crippen LogP contribution >= 0.6 is 11.6 Å². The van der Waals surface area contributed by atoms with Gasteiger partial charge in [0.05, 0.1) is 12.8 Å². The third-order valence-electron chi connectivity index (χ3n) is 4.42. The zero-order valence-corrected chi connectivity index (χ0v) is 16.4. The molecule has 0 fully saturated rings. The van der Waals surface area contributed by atoms with Gasteiger partial charge in [0.2, 0.25) is 5.78 Å². The predicted molar refractivity (Wildman–Crippen MR) is 107 cm³/mol. The second kappa shape index (κ2) is 8.76. The summed E-state index contributed by atoms with van der Waals surface area (Å²) in [5.74, 6) is -0.0483. The monoisotopic (exact) mass is 397 g/mol. The molecule has 0 bridgehead atoms. The third kappa shape index (κ3) is 4.61. The number of ketones is 1.